The molecule has 1 saturated heterocycles. The standard InChI is InChI=1S/C14H29N3O2/c1-5-19-13(18)14(3,15)11-12(2)17-8-6-7-16(4)9-10-17/h12H,5-11,15H2,1-4H3. The topological polar surface area (TPSA) is 58.8 Å². The summed E-state index contributed by atoms with van der Waals surface area (Å²) < 4.78 is 5.05. The van der Waals surface area contributed by atoms with E-state index in [4.69, 9.17) is 10.5 Å². The maximum Gasteiger partial charge on any atom is 0.325 e. The molecule has 1 aliphatic rings. The van der Waals surface area contributed by atoms with Crippen LogP contribution in [-0.4, -0.2) is 67.2 Å². The van der Waals surface area contributed by atoms with E-state index in [1.54, 1.807) is 6.92 Å². The minimum atomic E-state index is -0.895. The van der Waals surface area contributed by atoms with Crippen LogP contribution in [0.25, 0.3) is 0 Å². The Morgan fingerprint density at radius 1 is 1.37 bits per heavy atom. The van der Waals surface area contributed by atoms with Crippen molar-refractivity contribution in [3.05, 3.63) is 0 Å². The van der Waals surface area contributed by atoms with Gasteiger partial charge in [0.05, 0.1) is 6.61 Å². The lowest BCUT2D eigenvalue weighted by atomic mass is 9.94. The average molecular weight is 271 g/mol. The molecule has 0 amide bonds. The SMILES string of the molecule is CCOC(=O)C(C)(N)CC(C)N1CCCN(C)CC1. The zero-order chi connectivity index (χ0) is 14.5. The summed E-state index contributed by atoms with van der Waals surface area (Å²) in [5, 5.41) is 0. The first-order valence-electron chi connectivity index (χ1n) is 7.25. The van der Waals surface area contributed by atoms with E-state index in [2.05, 4.69) is 23.8 Å². The highest BCUT2D eigenvalue weighted by Gasteiger charge is 2.33. The molecule has 2 unspecified atom stereocenters. The molecule has 1 fully saturated rings. The normalized spacial score (nSPS) is 23.4. The molecule has 2 atom stereocenters. The Labute approximate surface area is 117 Å². The van der Waals surface area contributed by atoms with Gasteiger partial charge in [-0.05, 0) is 53.8 Å². The van der Waals surface area contributed by atoms with Crippen molar-refractivity contribution < 1.29 is 9.53 Å². The number of hydrogen-bond donors (Lipinski definition) is 1. The van der Waals surface area contributed by atoms with E-state index < -0.39 is 5.54 Å². The highest BCUT2D eigenvalue weighted by molar-refractivity contribution is 5.80. The summed E-state index contributed by atoms with van der Waals surface area (Å²) >= 11 is 0. The van der Waals surface area contributed by atoms with E-state index in [0.717, 1.165) is 26.2 Å². The molecule has 0 aromatic carbocycles. The van der Waals surface area contributed by atoms with Gasteiger partial charge < -0.3 is 15.4 Å². The summed E-state index contributed by atoms with van der Waals surface area (Å²) in [5.74, 6) is -0.297. The molecule has 0 radical (unpaired) electrons. The van der Waals surface area contributed by atoms with Crippen LogP contribution in [0.2, 0.25) is 0 Å². The first-order valence-corrected chi connectivity index (χ1v) is 7.25. The first-order chi connectivity index (χ1) is 8.86. The summed E-state index contributed by atoms with van der Waals surface area (Å²) in [6, 6.07) is 0.297. The lowest BCUT2D eigenvalue weighted by Crippen LogP contribution is -2.51. The van der Waals surface area contributed by atoms with Crippen LogP contribution in [0.3, 0.4) is 0 Å². The van der Waals surface area contributed by atoms with Gasteiger partial charge in [0.1, 0.15) is 5.54 Å². The van der Waals surface area contributed by atoms with Crippen LogP contribution in [0, 0.1) is 0 Å². The third-order valence-corrected chi connectivity index (χ3v) is 3.84. The largest absolute Gasteiger partial charge is 0.465 e. The van der Waals surface area contributed by atoms with Gasteiger partial charge in [0.25, 0.3) is 0 Å². The molecule has 112 valence electrons. The molecular weight excluding hydrogens is 242 g/mol. The Balaban J connectivity index is 2.52. The molecule has 1 rings (SSSR count). The number of rotatable bonds is 5. The molecule has 2 N–H and O–H groups in total. The Kier molecular flexibility index (Phi) is 6.23. The summed E-state index contributed by atoms with van der Waals surface area (Å²) in [7, 11) is 2.15. The fraction of sp³-hybridized carbons (Fsp3) is 0.929. The maximum atomic E-state index is 11.8. The van der Waals surface area contributed by atoms with E-state index in [-0.39, 0.29) is 5.97 Å². The fourth-order valence-electron chi connectivity index (χ4n) is 2.63. The monoisotopic (exact) mass is 271 g/mol. The molecule has 1 aliphatic heterocycles. The fourth-order valence-corrected chi connectivity index (χ4v) is 2.63. The Bertz CT molecular complexity index is 294. The van der Waals surface area contributed by atoms with Crippen LogP contribution < -0.4 is 5.73 Å². The molecular formula is C14H29N3O2. The molecule has 5 nitrogen and oxygen atoms in total. The Hall–Kier alpha value is -0.650. The molecule has 0 aromatic heterocycles. The number of esters is 1. The highest BCUT2D eigenvalue weighted by atomic mass is 16.5. The lowest BCUT2D eigenvalue weighted by molar-refractivity contribution is -0.149. The summed E-state index contributed by atoms with van der Waals surface area (Å²) in [6.07, 6.45) is 1.80. The molecule has 1 heterocycles. The van der Waals surface area contributed by atoms with Crippen LogP contribution in [0.5, 0.6) is 0 Å². The smallest absolute Gasteiger partial charge is 0.325 e. The van der Waals surface area contributed by atoms with Gasteiger partial charge in [0, 0.05) is 19.1 Å². The van der Waals surface area contributed by atoms with E-state index in [1.165, 1.54) is 6.42 Å². The molecule has 0 aliphatic carbocycles. The second-order valence-corrected chi connectivity index (χ2v) is 5.88. The van der Waals surface area contributed by atoms with E-state index in [0.29, 0.717) is 19.1 Å². The van der Waals surface area contributed by atoms with Crippen LogP contribution >= 0.6 is 0 Å². The molecule has 0 bridgehead atoms. The number of hydrogen-bond acceptors (Lipinski definition) is 5. The van der Waals surface area contributed by atoms with Crippen molar-refractivity contribution in [2.45, 2.75) is 45.2 Å². The third kappa shape index (κ3) is 5.09. The van der Waals surface area contributed by atoms with Crippen molar-refractivity contribution in [3.63, 3.8) is 0 Å². The number of nitrogens with two attached hydrogens (primary N) is 1. The minimum Gasteiger partial charge on any atom is -0.465 e. The Morgan fingerprint density at radius 3 is 2.68 bits per heavy atom. The number of likely N-dealkylation sites (N-methyl/N-ethyl adjacent to an activating group) is 1. The summed E-state index contributed by atoms with van der Waals surface area (Å²) in [4.78, 5) is 16.6. The van der Waals surface area contributed by atoms with Gasteiger partial charge in [-0.2, -0.15) is 0 Å². The predicted molar refractivity (Wildman–Crippen MR) is 77.0 cm³/mol. The van der Waals surface area contributed by atoms with Crippen LogP contribution in [-0.2, 0) is 9.53 Å². The zero-order valence-electron chi connectivity index (χ0n) is 12.8. The van der Waals surface area contributed by atoms with E-state index >= 15 is 0 Å². The molecule has 0 aromatic rings. The predicted octanol–water partition coefficient (Wildman–Crippen LogP) is 0.683. The highest BCUT2D eigenvalue weighted by Crippen LogP contribution is 2.17. The third-order valence-electron chi connectivity index (χ3n) is 3.84. The number of carbonyl (C=O) groups is 1. The van der Waals surface area contributed by atoms with Gasteiger partial charge in [0.15, 0.2) is 0 Å². The number of nitrogens with zero attached hydrogens (tertiary/aromatic N) is 2. The van der Waals surface area contributed by atoms with Crippen molar-refractivity contribution in [1.82, 2.24) is 9.80 Å². The summed E-state index contributed by atoms with van der Waals surface area (Å²) in [5.41, 5.74) is 5.21. The van der Waals surface area contributed by atoms with Crippen LogP contribution in [0.15, 0.2) is 0 Å². The van der Waals surface area contributed by atoms with Gasteiger partial charge in [-0.25, -0.2) is 0 Å². The molecule has 5 heteroatoms. The second-order valence-electron chi connectivity index (χ2n) is 5.88. The average Bonchev–Trinajstić information content (AvgIpc) is 2.53. The van der Waals surface area contributed by atoms with E-state index in [1.807, 2.05) is 6.92 Å². The molecule has 0 saturated carbocycles. The van der Waals surface area contributed by atoms with Gasteiger partial charge in [-0.15, -0.1) is 0 Å². The van der Waals surface area contributed by atoms with Crippen molar-refractivity contribution in [3.8, 4) is 0 Å². The lowest BCUT2D eigenvalue weighted by Gasteiger charge is -2.33. The Morgan fingerprint density at radius 2 is 2.05 bits per heavy atom. The van der Waals surface area contributed by atoms with Crippen molar-refractivity contribution in [2.75, 3.05) is 39.8 Å². The molecule has 0 spiro atoms. The van der Waals surface area contributed by atoms with Crippen LogP contribution in [0.1, 0.15) is 33.6 Å². The first kappa shape index (κ1) is 16.4. The molecule has 19 heavy (non-hydrogen) atoms. The maximum absolute atomic E-state index is 11.8. The van der Waals surface area contributed by atoms with Gasteiger partial charge in [-0.3, -0.25) is 9.69 Å². The number of ether oxygens (including phenoxy) is 1. The van der Waals surface area contributed by atoms with Gasteiger partial charge in [0.2, 0.25) is 0 Å². The van der Waals surface area contributed by atoms with E-state index in [9.17, 15) is 4.79 Å². The summed E-state index contributed by atoms with van der Waals surface area (Å²) in [6.45, 7) is 10.4. The van der Waals surface area contributed by atoms with Gasteiger partial charge >= 0.3 is 5.97 Å². The second kappa shape index (κ2) is 7.22. The van der Waals surface area contributed by atoms with Crippen molar-refractivity contribution in [1.29, 1.82) is 0 Å². The van der Waals surface area contributed by atoms with Crippen molar-refractivity contribution in [2.24, 2.45) is 5.73 Å². The zero-order valence-corrected chi connectivity index (χ0v) is 12.8. The van der Waals surface area contributed by atoms with Crippen LogP contribution in [0.4, 0.5) is 0 Å². The quantitative estimate of drug-likeness (QED) is 0.745. The van der Waals surface area contributed by atoms with Crippen molar-refractivity contribution >= 4 is 5.97 Å². The number of carbonyl (C=O) groups excluding carboxylic acids is 1. The van der Waals surface area contributed by atoms with Gasteiger partial charge in [-0.1, -0.05) is 0 Å². The minimum absolute atomic E-state index is 0.297.